The highest BCUT2D eigenvalue weighted by atomic mass is 79.9. The van der Waals surface area contributed by atoms with Gasteiger partial charge in [0.25, 0.3) is 0 Å². The van der Waals surface area contributed by atoms with Gasteiger partial charge in [-0.05, 0) is 31.7 Å². The Labute approximate surface area is 101 Å². The van der Waals surface area contributed by atoms with Crippen LogP contribution in [0.15, 0.2) is 12.3 Å². The van der Waals surface area contributed by atoms with Crippen molar-refractivity contribution in [1.82, 2.24) is 9.78 Å². The van der Waals surface area contributed by atoms with Gasteiger partial charge in [0.2, 0.25) is 0 Å². The van der Waals surface area contributed by atoms with Crippen LogP contribution in [0, 0.1) is 5.92 Å². The van der Waals surface area contributed by atoms with Gasteiger partial charge in [0.1, 0.15) is 0 Å². The summed E-state index contributed by atoms with van der Waals surface area (Å²) in [6.45, 7) is 6.63. The number of halogens is 1. The Morgan fingerprint density at radius 3 is 2.67 bits per heavy atom. The number of hydrogen-bond donors (Lipinski definition) is 0. The van der Waals surface area contributed by atoms with Crippen molar-refractivity contribution in [2.45, 2.75) is 46.1 Å². The van der Waals surface area contributed by atoms with Gasteiger partial charge in [-0.15, -0.1) is 0 Å². The SMILES string of the molecule is CCC(CBr)Cc1ccn(C(C)CC)n1. The third-order valence-electron chi connectivity index (χ3n) is 3.00. The summed E-state index contributed by atoms with van der Waals surface area (Å²) in [5.74, 6) is 0.713. The fourth-order valence-electron chi connectivity index (χ4n) is 1.52. The summed E-state index contributed by atoms with van der Waals surface area (Å²) in [5.41, 5.74) is 1.22. The van der Waals surface area contributed by atoms with Crippen LogP contribution in [0.4, 0.5) is 0 Å². The minimum absolute atomic E-state index is 0.516. The summed E-state index contributed by atoms with van der Waals surface area (Å²) < 4.78 is 2.08. The molecule has 0 N–H and O–H groups in total. The van der Waals surface area contributed by atoms with Crippen LogP contribution in [0.3, 0.4) is 0 Å². The Morgan fingerprint density at radius 2 is 2.13 bits per heavy atom. The second-order valence-corrected chi connectivity index (χ2v) is 4.82. The zero-order valence-electron chi connectivity index (χ0n) is 9.91. The molecule has 0 bridgehead atoms. The molecule has 2 unspecified atom stereocenters. The number of aromatic nitrogens is 2. The van der Waals surface area contributed by atoms with Gasteiger partial charge in [0.15, 0.2) is 0 Å². The fourth-order valence-corrected chi connectivity index (χ4v) is 2.21. The third kappa shape index (κ3) is 3.63. The van der Waals surface area contributed by atoms with Crippen molar-refractivity contribution in [2.24, 2.45) is 5.92 Å². The third-order valence-corrected chi connectivity index (χ3v) is 3.92. The molecule has 86 valence electrons. The van der Waals surface area contributed by atoms with E-state index >= 15 is 0 Å². The van der Waals surface area contributed by atoms with E-state index in [1.165, 1.54) is 12.1 Å². The molecule has 0 radical (unpaired) electrons. The van der Waals surface area contributed by atoms with Crippen LogP contribution < -0.4 is 0 Å². The summed E-state index contributed by atoms with van der Waals surface area (Å²) in [7, 11) is 0. The maximum Gasteiger partial charge on any atom is 0.0627 e. The minimum atomic E-state index is 0.516. The molecule has 1 rings (SSSR count). The second kappa shape index (κ2) is 6.31. The standard InChI is InChI=1S/C12H21BrN2/c1-4-10(3)15-7-6-12(14-15)8-11(5-2)9-13/h6-7,10-11H,4-5,8-9H2,1-3H3. The molecule has 0 aromatic carbocycles. The predicted octanol–water partition coefficient (Wildman–Crippen LogP) is 3.82. The second-order valence-electron chi connectivity index (χ2n) is 4.18. The Morgan fingerprint density at radius 1 is 1.40 bits per heavy atom. The number of rotatable bonds is 6. The maximum absolute atomic E-state index is 4.61. The van der Waals surface area contributed by atoms with Crippen molar-refractivity contribution in [1.29, 1.82) is 0 Å². The molecule has 1 aromatic rings. The van der Waals surface area contributed by atoms with Crippen molar-refractivity contribution < 1.29 is 0 Å². The lowest BCUT2D eigenvalue weighted by molar-refractivity contribution is 0.467. The molecule has 0 aliphatic heterocycles. The zero-order valence-corrected chi connectivity index (χ0v) is 11.5. The molecule has 0 aliphatic rings. The molecular formula is C12H21BrN2. The molecule has 1 aromatic heterocycles. The first-order chi connectivity index (χ1) is 7.21. The smallest absolute Gasteiger partial charge is 0.0627 e. The normalized spacial score (nSPS) is 15.2. The quantitative estimate of drug-likeness (QED) is 0.720. The first kappa shape index (κ1) is 12.8. The maximum atomic E-state index is 4.61. The van der Waals surface area contributed by atoms with E-state index in [0.717, 1.165) is 18.2 Å². The van der Waals surface area contributed by atoms with Crippen LogP contribution >= 0.6 is 15.9 Å². The highest BCUT2D eigenvalue weighted by Crippen LogP contribution is 2.15. The monoisotopic (exact) mass is 272 g/mol. The molecule has 0 fully saturated rings. The molecule has 1 heterocycles. The van der Waals surface area contributed by atoms with Crippen LogP contribution in [0.2, 0.25) is 0 Å². The van der Waals surface area contributed by atoms with Gasteiger partial charge >= 0.3 is 0 Å². The van der Waals surface area contributed by atoms with Crippen molar-refractivity contribution in [3.05, 3.63) is 18.0 Å². The summed E-state index contributed by atoms with van der Waals surface area (Å²) in [6.07, 6.45) is 5.54. The highest BCUT2D eigenvalue weighted by molar-refractivity contribution is 9.09. The Kier molecular flexibility index (Phi) is 5.37. The number of nitrogens with zero attached hydrogens (tertiary/aromatic N) is 2. The average molecular weight is 273 g/mol. The number of hydrogen-bond acceptors (Lipinski definition) is 1. The summed E-state index contributed by atoms with van der Waals surface area (Å²) >= 11 is 3.55. The van der Waals surface area contributed by atoms with Gasteiger partial charge < -0.3 is 0 Å². The van der Waals surface area contributed by atoms with Crippen LogP contribution in [0.5, 0.6) is 0 Å². The van der Waals surface area contributed by atoms with Gasteiger partial charge in [-0.1, -0.05) is 36.2 Å². The van der Waals surface area contributed by atoms with E-state index in [4.69, 9.17) is 0 Å². The van der Waals surface area contributed by atoms with Crippen molar-refractivity contribution in [3.8, 4) is 0 Å². The lowest BCUT2D eigenvalue weighted by Crippen LogP contribution is -2.08. The molecule has 3 heteroatoms. The van der Waals surface area contributed by atoms with E-state index in [0.29, 0.717) is 12.0 Å². The van der Waals surface area contributed by atoms with E-state index in [1.54, 1.807) is 0 Å². The van der Waals surface area contributed by atoms with Gasteiger partial charge in [0.05, 0.1) is 5.69 Å². The molecule has 0 saturated heterocycles. The van der Waals surface area contributed by atoms with Gasteiger partial charge in [0, 0.05) is 17.6 Å². The molecule has 0 aliphatic carbocycles. The average Bonchev–Trinajstić information content (AvgIpc) is 2.73. The van der Waals surface area contributed by atoms with Crippen LogP contribution in [-0.4, -0.2) is 15.1 Å². The first-order valence-corrected chi connectivity index (χ1v) is 6.93. The topological polar surface area (TPSA) is 17.8 Å². The van der Waals surface area contributed by atoms with E-state index < -0.39 is 0 Å². The molecule has 2 nitrogen and oxygen atoms in total. The van der Waals surface area contributed by atoms with E-state index in [2.05, 4.69) is 58.7 Å². The van der Waals surface area contributed by atoms with Crippen molar-refractivity contribution in [3.63, 3.8) is 0 Å². The summed E-state index contributed by atoms with van der Waals surface area (Å²) in [6, 6.07) is 2.67. The van der Waals surface area contributed by atoms with Gasteiger partial charge in [-0.2, -0.15) is 5.10 Å². The van der Waals surface area contributed by atoms with E-state index in [-0.39, 0.29) is 0 Å². The van der Waals surface area contributed by atoms with Crippen LogP contribution in [-0.2, 0) is 6.42 Å². The Balaban J connectivity index is 2.59. The summed E-state index contributed by atoms with van der Waals surface area (Å²) in [5, 5.41) is 5.68. The Bertz CT molecular complexity index is 279. The van der Waals surface area contributed by atoms with E-state index in [1.807, 2.05) is 0 Å². The van der Waals surface area contributed by atoms with E-state index in [9.17, 15) is 0 Å². The molecule has 15 heavy (non-hydrogen) atoms. The van der Waals surface area contributed by atoms with Gasteiger partial charge in [-0.25, -0.2) is 0 Å². The van der Waals surface area contributed by atoms with Crippen LogP contribution in [0.25, 0.3) is 0 Å². The minimum Gasteiger partial charge on any atom is -0.270 e. The Hall–Kier alpha value is -0.310. The number of alkyl halides is 1. The van der Waals surface area contributed by atoms with Crippen LogP contribution in [0.1, 0.15) is 45.3 Å². The summed E-state index contributed by atoms with van der Waals surface area (Å²) in [4.78, 5) is 0. The molecular weight excluding hydrogens is 252 g/mol. The molecule has 0 spiro atoms. The molecule has 0 amide bonds. The fraction of sp³-hybridized carbons (Fsp3) is 0.750. The first-order valence-electron chi connectivity index (χ1n) is 5.81. The molecule has 2 atom stereocenters. The molecule has 0 saturated carbocycles. The predicted molar refractivity (Wildman–Crippen MR) is 68.5 cm³/mol. The lowest BCUT2D eigenvalue weighted by atomic mass is 10.0. The lowest BCUT2D eigenvalue weighted by Gasteiger charge is -2.10. The van der Waals surface area contributed by atoms with Crippen molar-refractivity contribution in [2.75, 3.05) is 5.33 Å². The van der Waals surface area contributed by atoms with Gasteiger partial charge in [-0.3, -0.25) is 4.68 Å². The highest BCUT2D eigenvalue weighted by Gasteiger charge is 2.09. The van der Waals surface area contributed by atoms with Crippen molar-refractivity contribution >= 4 is 15.9 Å². The largest absolute Gasteiger partial charge is 0.270 e. The zero-order chi connectivity index (χ0) is 11.3.